The van der Waals surface area contributed by atoms with Gasteiger partial charge in [0, 0.05) is 26.2 Å². The number of carbonyl (C=O) groups excluding carboxylic acids is 1. The summed E-state index contributed by atoms with van der Waals surface area (Å²) in [5.41, 5.74) is 0. The molecule has 0 aromatic rings. The minimum absolute atomic E-state index is 0.0481. The molecule has 0 radical (unpaired) electrons. The van der Waals surface area contributed by atoms with E-state index in [1.807, 2.05) is 14.1 Å². The van der Waals surface area contributed by atoms with Crippen LogP contribution in [0.25, 0.3) is 0 Å². The van der Waals surface area contributed by atoms with E-state index in [0.717, 1.165) is 26.1 Å². The van der Waals surface area contributed by atoms with Gasteiger partial charge in [-0.3, -0.25) is 5.01 Å². The van der Waals surface area contributed by atoms with Crippen molar-refractivity contribution in [3.63, 3.8) is 0 Å². The number of likely N-dealkylation sites (N-methyl/N-ethyl adjacent to an activating group) is 1. The lowest BCUT2D eigenvalue weighted by Crippen LogP contribution is -2.53. The van der Waals surface area contributed by atoms with Crippen molar-refractivity contribution in [3.8, 4) is 0 Å². The standard InChI is InChI=1S/C8H18N4O/c1-10(2)6-7-11-4-3-5-12(9)8(11)13/h3-7,9H2,1-2H3. The van der Waals surface area contributed by atoms with Crippen LogP contribution in [0.5, 0.6) is 0 Å². The van der Waals surface area contributed by atoms with Crippen LogP contribution in [0.2, 0.25) is 0 Å². The summed E-state index contributed by atoms with van der Waals surface area (Å²) in [6.45, 7) is 3.16. The minimum atomic E-state index is -0.0481. The molecule has 2 amide bonds. The number of carbonyl (C=O) groups is 1. The van der Waals surface area contributed by atoms with Gasteiger partial charge in [-0.25, -0.2) is 10.6 Å². The maximum Gasteiger partial charge on any atom is 0.334 e. The van der Waals surface area contributed by atoms with E-state index in [2.05, 4.69) is 4.90 Å². The van der Waals surface area contributed by atoms with E-state index in [1.165, 1.54) is 5.01 Å². The van der Waals surface area contributed by atoms with E-state index < -0.39 is 0 Å². The first-order chi connectivity index (χ1) is 6.11. The van der Waals surface area contributed by atoms with Crippen molar-refractivity contribution in [2.75, 3.05) is 40.3 Å². The lowest BCUT2D eigenvalue weighted by Gasteiger charge is -2.33. The van der Waals surface area contributed by atoms with Crippen LogP contribution in [0.15, 0.2) is 0 Å². The normalized spacial score (nSPS) is 18.6. The van der Waals surface area contributed by atoms with Gasteiger partial charge in [-0.05, 0) is 20.5 Å². The van der Waals surface area contributed by atoms with Gasteiger partial charge in [0.2, 0.25) is 0 Å². The van der Waals surface area contributed by atoms with Crippen molar-refractivity contribution < 1.29 is 4.79 Å². The Labute approximate surface area is 79.0 Å². The van der Waals surface area contributed by atoms with Crippen molar-refractivity contribution >= 4 is 6.03 Å². The summed E-state index contributed by atoms with van der Waals surface area (Å²) >= 11 is 0. The van der Waals surface area contributed by atoms with E-state index in [-0.39, 0.29) is 6.03 Å². The van der Waals surface area contributed by atoms with E-state index in [4.69, 9.17) is 5.84 Å². The second kappa shape index (κ2) is 4.43. The summed E-state index contributed by atoms with van der Waals surface area (Å²) in [5.74, 6) is 5.50. The highest BCUT2D eigenvalue weighted by Gasteiger charge is 2.22. The molecule has 1 saturated heterocycles. The van der Waals surface area contributed by atoms with Crippen LogP contribution in [0.1, 0.15) is 6.42 Å². The Balaban J connectivity index is 2.35. The van der Waals surface area contributed by atoms with E-state index >= 15 is 0 Å². The van der Waals surface area contributed by atoms with Crippen LogP contribution in [-0.4, -0.2) is 61.1 Å². The molecule has 1 heterocycles. The van der Waals surface area contributed by atoms with E-state index in [0.29, 0.717) is 6.54 Å². The largest absolute Gasteiger partial charge is 0.334 e. The highest BCUT2D eigenvalue weighted by Crippen LogP contribution is 2.04. The summed E-state index contributed by atoms with van der Waals surface area (Å²) in [5, 5.41) is 1.29. The van der Waals surface area contributed by atoms with Crippen molar-refractivity contribution in [3.05, 3.63) is 0 Å². The predicted octanol–water partition coefficient (Wildman–Crippen LogP) is -0.451. The van der Waals surface area contributed by atoms with E-state index in [1.54, 1.807) is 4.90 Å². The molecule has 0 unspecified atom stereocenters. The third-order valence-electron chi connectivity index (χ3n) is 2.16. The molecular formula is C8H18N4O. The van der Waals surface area contributed by atoms with Crippen molar-refractivity contribution in [2.24, 2.45) is 5.84 Å². The van der Waals surface area contributed by atoms with Gasteiger partial charge in [0.15, 0.2) is 0 Å². The highest BCUT2D eigenvalue weighted by molar-refractivity contribution is 5.74. The Hall–Kier alpha value is -0.810. The Morgan fingerprint density at radius 2 is 2.15 bits per heavy atom. The number of nitrogens with two attached hydrogens (primary N) is 1. The lowest BCUT2D eigenvalue weighted by molar-refractivity contribution is 0.126. The predicted molar refractivity (Wildman–Crippen MR) is 51.0 cm³/mol. The maximum absolute atomic E-state index is 11.4. The van der Waals surface area contributed by atoms with Gasteiger partial charge < -0.3 is 9.80 Å². The fraction of sp³-hybridized carbons (Fsp3) is 0.875. The number of nitrogens with zero attached hydrogens (tertiary/aromatic N) is 3. The van der Waals surface area contributed by atoms with Crippen LogP contribution in [0, 0.1) is 0 Å². The summed E-state index contributed by atoms with van der Waals surface area (Å²) in [6, 6.07) is -0.0481. The second-order valence-electron chi connectivity index (χ2n) is 3.62. The van der Waals surface area contributed by atoms with Crippen LogP contribution in [0.3, 0.4) is 0 Å². The van der Waals surface area contributed by atoms with Gasteiger partial charge in [0.25, 0.3) is 0 Å². The Kier molecular flexibility index (Phi) is 3.50. The summed E-state index contributed by atoms with van der Waals surface area (Å²) < 4.78 is 0. The van der Waals surface area contributed by atoms with Gasteiger partial charge in [0.1, 0.15) is 0 Å². The summed E-state index contributed by atoms with van der Waals surface area (Å²) in [6.07, 6.45) is 0.968. The smallest absolute Gasteiger partial charge is 0.322 e. The molecule has 1 aliphatic heterocycles. The average Bonchev–Trinajstić information content (AvgIpc) is 2.07. The topological polar surface area (TPSA) is 52.8 Å². The van der Waals surface area contributed by atoms with E-state index in [9.17, 15) is 4.79 Å². The summed E-state index contributed by atoms with van der Waals surface area (Å²) in [7, 11) is 3.99. The zero-order chi connectivity index (χ0) is 9.84. The molecule has 1 aliphatic rings. The number of hydrazine groups is 1. The third-order valence-corrected chi connectivity index (χ3v) is 2.16. The Bertz CT molecular complexity index is 183. The number of amides is 2. The molecule has 0 spiro atoms. The van der Waals surface area contributed by atoms with Crippen LogP contribution in [-0.2, 0) is 0 Å². The maximum atomic E-state index is 11.4. The van der Waals surface area contributed by atoms with Crippen molar-refractivity contribution in [2.45, 2.75) is 6.42 Å². The SMILES string of the molecule is CN(C)CCN1CCCN(N)C1=O. The van der Waals surface area contributed by atoms with Crippen molar-refractivity contribution in [1.29, 1.82) is 0 Å². The molecule has 2 N–H and O–H groups in total. The molecule has 0 saturated carbocycles. The zero-order valence-electron chi connectivity index (χ0n) is 8.36. The van der Waals surface area contributed by atoms with Crippen LogP contribution < -0.4 is 5.84 Å². The van der Waals surface area contributed by atoms with Crippen molar-refractivity contribution in [1.82, 2.24) is 14.8 Å². The van der Waals surface area contributed by atoms with Gasteiger partial charge in [-0.1, -0.05) is 0 Å². The van der Waals surface area contributed by atoms with Gasteiger partial charge >= 0.3 is 6.03 Å². The molecule has 5 heteroatoms. The summed E-state index contributed by atoms with van der Waals surface area (Å²) in [4.78, 5) is 15.3. The molecule has 76 valence electrons. The highest BCUT2D eigenvalue weighted by atomic mass is 16.2. The quantitative estimate of drug-likeness (QED) is 0.480. The molecule has 1 rings (SSSR count). The zero-order valence-corrected chi connectivity index (χ0v) is 8.36. The fourth-order valence-electron chi connectivity index (χ4n) is 1.33. The fourth-order valence-corrected chi connectivity index (χ4v) is 1.33. The Morgan fingerprint density at radius 1 is 1.46 bits per heavy atom. The molecule has 0 aromatic carbocycles. The lowest BCUT2D eigenvalue weighted by atomic mass is 10.3. The number of hydrogen-bond acceptors (Lipinski definition) is 3. The average molecular weight is 186 g/mol. The number of urea groups is 1. The molecule has 0 atom stereocenters. The Morgan fingerprint density at radius 3 is 2.77 bits per heavy atom. The molecule has 5 nitrogen and oxygen atoms in total. The number of rotatable bonds is 3. The van der Waals surface area contributed by atoms with Crippen LogP contribution in [0.4, 0.5) is 4.79 Å². The first-order valence-corrected chi connectivity index (χ1v) is 4.57. The molecule has 1 fully saturated rings. The first kappa shape index (κ1) is 10.3. The first-order valence-electron chi connectivity index (χ1n) is 4.57. The molecule has 0 aliphatic carbocycles. The van der Waals surface area contributed by atoms with Gasteiger partial charge in [0.05, 0.1) is 0 Å². The molecule has 13 heavy (non-hydrogen) atoms. The van der Waals surface area contributed by atoms with Crippen LogP contribution >= 0.6 is 0 Å². The minimum Gasteiger partial charge on any atom is -0.322 e. The second-order valence-corrected chi connectivity index (χ2v) is 3.62. The van der Waals surface area contributed by atoms with Gasteiger partial charge in [-0.2, -0.15) is 0 Å². The molecule has 0 aromatic heterocycles. The third kappa shape index (κ3) is 2.86. The monoisotopic (exact) mass is 186 g/mol. The number of hydrogen-bond donors (Lipinski definition) is 1. The molecular weight excluding hydrogens is 168 g/mol. The van der Waals surface area contributed by atoms with Gasteiger partial charge in [-0.15, -0.1) is 0 Å². The molecule has 0 bridgehead atoms.